The van der Waals surface area contributed by atoms with Crippen LogP contribution in [-0.4, -0.2) is 65.9 Å². The van der Waals surface area contributed by atoms with Gasteiger partial charge in [-0.05, 0) is 19.8 Å². The van der Waals surface area contributed by atoms with Crippen molar-refractivity contribution in [1.29, 1.82) is 0 Å². The number of allylic oxidation sites excluding steroid dienone is 1. The number of aldehydes is 1. The molecular formula is C21H24O9. The zero-order valence-corrected chi connectivity index (χ0v) is 16.8. The Morgan fingerprint density at radius 1 is 1.33 bits per heavy atom. The molecule has 1 spiro atoms. The molecule has 2 fully saturated rings. The van der Waals surface area contributed by atoms with Crippen LogP contribution in [0.2, 0.25) is 0 Å². The number of aliphatic hydroxyl groups is 1. The summed E-state index contributed by atoms with van der Waals surface area (Å²) in [5.74, 6) is -3.41. The molecule has 9 heteroatoms. The number of esters is 3. The first-order valence-electron chi connectivity index (χ1n) is 9.52. The minimum atomic E-state index is -1.36. The highest BCUT2D eigenvalue weighted by atomic mass is 16.6. The van der Waals surface area contributed by atoms with E-state index in [1.165, 1.54) is 6.92 Å². The van der Waals surface area contributed by atoms with E-state index in [2.05, 4.69) is 13.2 Å². The predicted octanol–water partition coefficient (Wildman–Crippen LogP) is 0.553. The van der Waals surface area contributed by atoms with Gasteiger partial charge in [0.1, 0.15) is 24.1 Å². The highest BCUT2D eigenvalue weighted by molar-refractivity contribution is 5.92. The van der Waals surface area contributed by atoms with Crippen LogP contribution in [0, 0.1) is 5.92 Å². The fourth-order valence-electron chi connectivity index (χ4n) is 3.87. The van der Waals surface area contributed by atoms with Crippen molar-refractivity contribution >= 4 is 24.2 Å². The standard InChI is InChI=1S/C21H24O9/c1-10(2)19(25)29-16-14-11(3)20(26)30-17(14)18(24)21(9-27-21)7-5-6-13(8-22)15(16)28-12(4)23/h6,8,14-18,24H,1,3,5,7,9H2,2,4H3/b13-6-/t14-,15+,16+,17+,18-,21-/m1/s1. The predicted molar refractivity (Wildman–Crippen MR) is 101 cm³/mol. The number of rotatable bonds is 4. The van der Waals surface area contributed by atoms with Crippen LogP contribution < -0.4 is 0 Å². The number of carbonyl (C=O) groups is 4. The first kappa shape index (κ1) is 21.9. The first-order chi connectivity index (χ1) is 14.1. The second-order valence-electron chi connectivity index (χ2n) is 7.76. The molecular weight excluding hydrogens is 396 g/mol. The normalized spacial score (nSPS) is 37.3. The van der Waals surface area contributed by atoms with Gasteiger partial charge in [0.05, 0.1) is 12.5 Å². The first-order valence-corrected chi connectivity index (χ1v) is 9.52. The van der Waals surface area contributed by atoms with E-state index >= 15 is 0 Å². The van der Waals surface area contributed by atoms with Crippen LogP contribution in [-0.2, 0) is 38.1 Å². The molecule has 0 saturated carbocycles. The maximum absolute atomic E-state index is 12.4. The third kappa shape index (κ3) is 3.95. The molecule has 0 amide bonds. The number of epoxide rings is 1. The monoisotopic (exact) mass is 420 g/mol. The van der Waals surface area contributed by atoms with Crippen molar-refractivity contribution in [2.45, 2.75) is 56.7 Å². The topological polar surface area (TPSA) is 129 Å². The van der Waals surface area contributed by atoms with Crippen LogP contribution in [0.15, 0.2) is 36.0 Å². The summed E-state index contributed by atoms with van der Waals surface area (Å²) < 4.78 is 21.7. The van der Waals surface area contributed by atoms with Gasteiger partial charge >= 0.3 is 17.9 Å². The summed E-state index contributed by atoms with van der Waals surface area (Å²) in [6.45, 7) is 10.1. The van der Waals surface area contributed by atoms with E-state index in [9.17, 15) is 24.3 Å². The van der Waals surface area contributed by atoms with Crippen molar-refractivity contribution in [3.05, 3.63) is 36.0 Å². The summed E-state index contributed by atoms with van der Waals surface area (Å²) in [5.41, 5.74) is -0.907. The van der Waals surface area contributed by atoms with E-state index < -0.39 is 53.8 Å². The second kappa shape index (κ2) is 8.16. The maximum Gasteiger partial charge on any atom is 0.334 e. The van der Waals surface area contributed by atoms with Crippen LogP contribution >= 0.6 is 0 Å². The van der Waals surface area contributed by atoms with Gasteiger partial charge in [0.2, 0.25) is 0 Å². The second-order valence-corrected chi connectivity index (χ2v) is 7.76. The number of aliphatic hydroxyl groups excluding tert-OH is 1. The largest absolute Gasteiger partial charge is 0.455 e. The average molecular weight is 420 g/mol. The lowest BCUT2D eigenvalue weighted by Gasteiger charge is -2.36. The Morgan fingerprint density at radius 3 is 2.53 bits per heavy atom. The summed E-state index contributed by atoms with van der Waals surface area (Å²) in [6, 6.07) is 0. The van der Waals surface area contributed by atoms with Crippen LogP contribution in [0.5, 0.6) is 0 Å². The Hall–Kier alpha value is -2.78. The van der Waals surface area contributed by atoms with Gasteiger partial charge in [-0.2, -0.15) is 0 Å². The van der Waals surface area contributed by atoms with Crippen molar-refractivity contribution < 1.29 is 43.2 Å². The fraction of sp³-hybridized carbons (Fsp3) is 0.524. The summed E-state index contributed by atoms with van der Waals surface area (Å²) in [6.07, 6.45) is -2.38. The van der Waals surface area contributed by atoms with E-state index in [-0.39, 0.29) is 23.3 Å². The molecule has 2 heterocycles. The van der Waals surface area contributed by atoms with Gasteiger partial charge in [0.15, 0.2) is 12.2 Å². The van der Waals surface area contributed by atoms with Crippen LogP contribution in [0.1, 0.15) is 26.7 Å². The summed E-state index contributed by atoms with van der Waals surface area (Å²) in [4.78, 5) is 48.3. The van der Waals surface area contributed by atoms with E-state index in [1.54, 1.807) is 6.08 Å². The van der Waals surface area contributed by atoms with Crippen LogP contribution in [0.4, 0.5) is 0 Å². The Morgan fingerprint density at radius 2 is 2.00 bits per heavy atom. The van der Waals surface area contributed by atoms with E-state index in [4.69, 9.17) is 18.9 Å². The Bertz CT molecular complexity index is 835. The minimum absolute atomic E-state index is 0.0558. The van der Waals surface area contributed by atoms with Crippen LogP contribution in [0.3, 0.4) is 0 Å². The van der Waals surface area contributed by atoms with Crippen molar-refractivity contribution in [2.75, 3.05) is 6.61 Å². The molecule has 162 valence electrons. The van der Waals surface area contributed by atoms with Crippen LogP contribution in [0.25, 0.3) is 0 Å². The molecule has 0 aromatic carbocycles. The quantitative estimate of drug-likeness (QED) is 0.228. The van der Waals surface area contributed by atoms with Gasteiger partial charge < -0.3 is 24.1 Å². The Labute approximate surface area is 173 Å². The molecule has 0 radical (unpaired) electrons. The summed E-state index contributed by atoms with van der Waals surface area (Å²) >= 11 is 0. The lowest BCUT2D eigenvalue weighted by Crippen LogP contribution is -2.51. The van der Waals surface area contributed by atoms with Crippen molar-refractivity contribution in [3.63, 3.8) is 0 Å². The number of ether oxygens (including phenoxy) is 4. The zero-order chi connectivity index (χ0) is 22.2. The van der Waals surface area contributed by atoms with Gasteiger partial charge in [-0.25, -0.2) is 9.59 Å². The molecule has 30 heavy (non-hydrogen) atoms. The molecule has 1 N–H and O–H groups in total. The molecule has 0 unspecified atom stereocenters. The molecule has 6 atom stereocenters. The minimum Gasteiger partial charge on any atom is -0.455 e. The number of fused-ring (bicyclic) bond motifs is 1. The SMILES string of the molecule is C=C(C)C(=O)O[C@H]1[C@H]2C(=C)C(=O)O[C@@H]2[C@@H](O)[C@@]2(CC/C=C(/C=O)[C@@H]1OC(C)=O)CO2. The van der Waals surface area contributed by atoms with Gasteiger partial charge in [-0.1, -0.05) is 19.2 Å². The summed E-state index contributed by atoms with van der Waals surface area (Å²) in [7, 11) is 0. The molecule has 0 aromatic heterocycles. The van der Waals surface area contributed by atoms with Gasteiger partial charge in [-0.3, -0.25) is 9.59 Å². The van der Waals surface area contributed by atoms with E-state index in [0.717, 1.165) is 6.92 Å². The lowest BCUT2D eigenvalue weighted by atomic mass is 9.78. The number of hydrogen-bond acceptors (Lipinski definition) is 9. The van der Waals surface area contributed by atoms with Crippen molar-refractivity contribution in [3.8, 4) is 0 Å². The third-order valence-corrected chi connectivity index (χ3v) is 5.58. The number of carbonyl (C=O) groups excluding carboxylic acids is 4. The molecule has 3 aliphatic rings. The molecule has 2 saturated heterocycles. The smallest absolute Gasteiger partial charge is 0.334 e. The molecule has 3 rings (SSSR count). The highest BCUT2D eigenvalue weighted by Crippen LogP contribution is 2.45. The highest BCUT2D eigenvalue weighted by Gasteiger charge is 2.61. The maximum atomic E-state index is 12.4. The third-order valence-electron chi connectivity index (χ3n) is 5.58. The lowest BCUT2D eigenvalue weighted by molar-refractivity contribution is -0.171. The Balaban J connectivity index is 2.15. The molecule has 0 aromatic rings. The van der Waals surface area contributed by atoms with Gasteiger partial charge in [-0.15, -0.1) is 0 Å². The Kier molecular flexibility index (Phi) is 5.96. The fourth-order valence-corrected chi connectivity index (χ4v) is 3.87. The van der Waals surface area contributed by atoms with E-state index in [1.807, 2.05) is 0 Å². The van der Waals surface area contributed by atoms with Crippen molar-refractivity contribution in [1.82, 2.24) is 0 Å². The molecule has 2 aliphatic heterocycles. The molecule has 1 aliphatic carbocycles. The zero-order valence-electron chi connectivity index (χ0n) is 16.8. The van der Waals surface area contributed by atoms with E-state index in [0.29, 0.717) is 19.1 Å². The van der Waals surface area contributed by atoms with Gasteiger partial charge in [0, 0.05) is 23.6 Å². The molecule has 9 nitrogen and oxygen atoms in total. The summed E-state index contributed by atoms with van der Waals surface area (Å²) in [5, 5.41) is 11.0. The average Bonchev–Trinajstić information content (AvgIpc) is 3.41. The molecule has 0 bridgehead atoms. The van der Waals surface area contributed by atoms with Gasteiger partial charge in [0.25, 0.3) is 0 Å². The number of hydrogen-bond donors (Lipinski definition) is 1. The van der Waals surface area contributed by atoms with Crippen molar-refractivity contribution in [2.24, 2.45) is 5.92 Å².